The molecule has 1 saturated heterocycles. The molecular formula is C23H22ClN5O4. The number of rotatable bonds is 6. The molecule has 0 bridgehead atoms. The standard InChI is InChI=1S/C23H22ClN5O4/c1-15-8-10-27(11-9-15)20-13-19(21-22(26-33-25-21)23(20)29(30)31)28(14-16-5-4-12-32-16)18-7-3-2-6-17(18)24/h2-7,12-13,15H,8-11,14H2,1H3. The highest BCUT2D eigenvalue weighted by molar-refractivity contribution is 6.33. The number of furan rings is 1. The number of nitro benzene ring substituents is 1. The Morgan fingerprint density at radius 2 is 1.91 bits per heavy atom. The van der Waals surface area contributed by atoms with Crippen LogP contribution in [0.1, 0.15) is 25.5 Å². The summed E-state index contributed by atoms with van der Waals surface area (Å²) in [5, 5.41) is 20.6. The van der Waals surface area contributed by atoms with Crippen molar-refractivity contribution in [2.24, 2.45) is 5.92 Å². The number of hydrogen-bond acceptors (Lipinski definition) is 8. The fourth-order valence-electron chi connectivity index (χ4n) is 4.30. The molecule has 1 aliphatic heterocycles. The molecule has 0 spiro atoms. The molecule has 33 heavy (non-hydrogen) atoms. The summed E-state index contributed by atoms with van der Waals surface area (Å²) >= 11 is 6.57. The largest absolute Gasteiger partial charge is 0.467 e. The zero-order chi connectivity index (χ0) is 22.9. The maximum atomic E-state index is 12.1. The fraction of sp³-hybridized carbons (Fsp3) is 0.304. The molecular weight excluding hydrogens is 446 g/mol. The van der Waals surface area contributed by atoms with Gasteiger partial charge in [0.05, 0.1) is 34.1 Å². The first-order valence-electron chi connectivity index (χ1n) is 10.8. The van der Waals surface area contributed by atoms with Crippen LogP contribution < -0.4 is 9.80 Å². The summed E-state index contributed by atoms with van der Waals surface area (Å²) < 4.78 is 10.6. The summed E-state index contributed by atoms with van der Waals surface area (Å²) in [6.45, 7) is 3.99. The van der Waals surface area contributed by atoms with Crippen LogP contribution in [0.4, 0.5) is 22.7 Å². The Morgan fingerprint density at radius 1 is 1.15 bits per heavy atom. The van der Waals surface area contributed by atoms with E-state index in [2.05, 4.69) is 17.2 Å². The van der Waals surface area contributed by atoms with Gasteiger partial charge in [0.25, 0.3) is 0 Å². The minimum Gasteiger partial charge on any atom is -0.467 e. The number of piperidine rings is 1. The van der Waals surface area contributed by atoms with E-state index >= 15 is 0 Å². The normalized spacial score (nSPS) is 14.7. The van der Waals surface area contributed by atoms with Crippen LogP contribution in [0.5, 0.6) is 0 Å². The maximum Gasteiger partial charge on any atom is 0.323 e. The van der Waals surface area contributed by atoms with Crippen molar-refractivity contribution in [2.75, 3.05) is 22.9 Å². The summed E-state index contributed by atoms with van der Waals surface area (Å²) in [5.74, 6) is 1.28. The number of benzene rings is 2. The number of nitrogens with zero attached hydrogens (tertiary/aromatic N) is 5. The number of fused-ring (bicyclic) bond motifs is 1. The molecule has 1 aliphatic rings. The molecule has 2 aromatic carbocycles. The maximum absolute atomic E-state index is 12.1. The molecule has 1 fully saturated rings. The topological polar surface area (TPSA) is 102 Å². The minimum atomic E-state index is -0.407. The summed E-state index contributed by atoms with van der Waals surface area (Å²) in [6.07, 6.45) is 3.52. The first-order chi connectivity index (χ1) is 16.0. The van der Waals surface area contributed by atoms with E-state index in [1.165, 1.54) is 0 Å². The number of para-hydroxylation sites is 1. The third-order valence-electron chi connectivity index (χ3n) is 6.11. The molecule has 9 nitrogen and oxygen atoms in total. The molecule has 4 aromatic rings. The molecule has 0 unspecified atom stereocenters. The van der Waals surface area contributed by atoms with Gasteiger partial charge in [-0.3, -0.25) is 10.1 Å². The van der Waals surface area contributed by atoms with Crippen LogP contribution in [-0.2, 0) is 6.54 Å². The Balaban J connectivity index is 1.72. The van der Waals surface area contributed by atoms with E-state index in [4.69, 9.17) is 20.6 Å². The van der Waals surface area contributed by atoms with E-state index in [0.29, 0.717) is 45.8 Å². The van der Waals surface area contributed by atoms with Crippen molar-refractivity contribution >= 4 is 45.4 Å². The van der Waals surface area contributed by atoms with Gasteiger partial charge in [-0.15, -0.1) is 0 Å². The minimum absolute atomic E-state index is 0.0957. The second kappa shape index (κ2) is 8.74. The van der Waals surface area contributed by atoms with Crippen LogP contribution in [-0.4, -0.2) is 28.3 Å². The van der Waals surface area contributed by atoms with Crippen molar-refractivity contribution in [3.63, 3.8) is 0 Å². The predicted molar refractivity (Wildman–Crippen MR) is 125 cm³/mol. The third-order valence-corrected chi connectivity index (χ3v) is 6.43. The molecule has 0 radical (unpaired) electrons. The van der Waals surface area contributed by atoms with Crippen molar-refractivity contribution in [2.45, 2.75) is 26.3 Å². The molecule has 0 saturated carbocycles. The van der Waals surface area contributed by atoms with Crippen molar-refractivity contribution in [3.8, 4) is 0 Å². The average Bonchev–Trinajstić information content (AvgIpc) is 3.50. The van der Waals surface area contributed by atoms with Gasteiger partial charge in [-0.2, -0.15) is 0 Å². The molecule has 0 atom stereocenters. The number of anilines is 3. The van der Waals surface area contributed by atoms with Gasteiger partial charge in [-0.1, -0.05) is 30.7 Å². The Bertz CT molecular complexity index is 1280. The van der Waals surface area contributed by atoms with Crippen LogP contribution in [0.25, 0.3) is 11.0 Å². The number of nitro groups is 1. The van der Waals surface area contributed by atoms with E-state index in [-0.39, 0.29) is 11.2 Å². The van der Waals surface area contributed by atoms with E-state index in [9.17, 15) is 10.1 Å². The summed E-state index contributed by atoms with van der Waals surface area (Å²) in [5.41, 5.74) is 2.13. The summed E-state index contributed by atoms with van der Waals surface area (Å²) in [6, 6.07) is 12.9. The summed E-state index contributed by atoms with van der Waals surface area (Å²) in [4.78, 5) is 15.7. The van der Waals surface area contributed by atoms with Crippen molar-refractivity contribution in [3.05, 3.63) is 69.6 Å². The van der Waals surface area contributed by atoms with Crippen LogP contribution in [0, 0.1) is 16.0 Å². The average molecular weight is 468 g/mol. The predicted octanol–water partition coefficient (Wildman–Crippen LogP) is 5.95. The van der Waals surface area contributed by atoms with Gasteiger partial charge in [0.2, 0.25) is 5.52 Å². The smallest absolute Gasteiger partial charge is 0.323 e. The van der Waals surface area contributed by atoms with Gasteiger partial charge in [0, 0.05) is 13.1 Å². The van der Waals surface area contributed by atoms with Crippen LogP contribution in [0.15, 0.2) is 57.8 Å². The zero-order valence-electron chi connectivity index (χ0n) is 18.0. The highest BCUT2D eigenvalue weighted by Crippen LogP contribution is 2.44. The third kappa shape index (κ3) is 4.00. The lowest BCUT2D eigenvalue weighted by Gasteiger charge is -2.33. The van der Waals surface area contributed by atoms with Crippen LogP contribution >= 0.6 is 11.6 Å². The number of aromatic nitrogens is 2. The monoisotopic (exact) mass is 467 g/mol. The Kier molecular flexibility index (Phi) is 5.63. The van der Waals surface area contributed by atoms with Gasteiger partial charge in [-0.25, -0.2) is 4.63 Å². The van der Waals surface area contributed by atoms with Gasteiger partial charge < -0.3 is 14.2 Å². The van der Waals surface area contributed by atoms with E-state index < -0.39 is 4.92 Å². The van der Waals surface area contributed by atoms with Gasteiger partial charge >= 0.3 is 5.69 Å². The second-order valence-electron chi connectivity index (χ2n) is 8.27. The van der Waals surface area contributed by atoms with E-state index in [1.54, 1.807) is 18.4 Å². The Hall–Kier alpha value is -3.59. The first-order valence-corrected chi connectivity index (χ1v) is 11.1. The number of halogens is 1. The molecule has 170 valence electrons. The second-order valence-corrected chi connectivity index (χ2v) is 8.68. The zero-order valence-corrected chi connectivity index (χ0v) is 18.7. The van der Waals surface area contributed by atoms with Gasteiger partial charge in [0.15, 0.2) is 5.52 Å². The lowest BCUT2D eigenvalue weighted by molar-refractivity contribution is -0.382. The molecule has 5 rings (SSSR count). The SMILES string of the molecule is CC1CCN(c2cc(N(Cc3ccco3)c3ccccc3Cl)c3nonc3c2[N+](=O)[O-])CC1. The molecule has 2 aromatic heterocycles. The van der Waals surface area contributed by atoms with Gasteiger partial charge in [0.1, 0.15) is 11.4 Å². The highest BCUT2D eigenvalue weighted by Gasteiger charge is 2.32. The molecule has 0 N–H and O–H groups in total. The molecule has 0 amide bonds. The first kappa shape index (κ1) is 21.3. The molecule has 10 heteroatoms. The van der Waals surface area contributed by atoms with Crippen molar-refractivity contribution < 1.29 is 14.0 Å². The quantitative estimate of drug-likeness (QED) is 0.253. The lowest BCUT2D eigenvalue weighted by Crippen LogP contribution is -2.33. The van der Waals surface area contributed by atoms with E-state index in [1.807, 2.05) is 40.1 Å². The van der Waals surface area contributed by atoms with Crippen molar-refractivity contribution in [1.29, 1.82) is 0 Å². The molecule has 0 aliphatic carbocycles. The molecule has 3 heterocycles. The highest BCUT2D eigenvalue weighted by atomic mass is 35.5. The summed E-state index contributed by atoms with van der Waals surface area (Å²) in [7, 11) is 0. The fourth-order valence-corrected chi connectivity index (χ4v) is 4.54. The van der Waals surface area contributed by atoms with Crippen molar-refractivity contribution in [1.82, 2.24) is 10.3 Å². The van der Waals surface area contributed by atoms with Crippen LogP contribution in [0.2, 0.25) is 5.02 Å². The van der Waals surface area contributed by atoms with E-state index in [0.717, 1.165) is 25.9 Å². The number of hydrogen-bond donors (Lipinski definition) is 0. The Labute approximate surface area is 194 Å². The lowest BCUT2D eigenvalue weighted by atomic mass is 9.98. The van der Waals surface area contributed by atoms with Gasteiger partial charge in [-0.05, 0) is 59.4 Å². The Morgan fingerprint density at radius 3 is 2.61 bits per heavy atom. The van der Waals surface area contributed by atoms with Crippen LogP contribution in [0.3, 0.4) is 0 Å².